The number of fused-ring (bicyclic) bond motifs is 1. The van der Waals surface area contributed by atoms with Gasteiger partial charge in [0.2, 0.25) is 17.7 Å². The van der Waals surface area contributed by atoms with Crippen molar-refractivity contribution in [3.63, 3.8) is 0 Å². The van der Waals surface area contributed by atoms with Gasteiger partial charge in [-0.3, -0.25) is 4.79 Å². The molecule has 1 aromatic heterocycles. The van der Waals surface area contributed by atoms with Gasteiger partial charge in [0.15, 0.2) is 0 Å². The molecule has 200 valence electrons. The Morgan fingerprint density at radius 3 is 2.41 bits per heavy atom. The van der Waals surface area contributed by atoms with E-state index >= 15 is 0 Å². The number of anilines is 2. The van der Waals surface area contributed by atoms with E-state index in [0.717, 1.165) is 55.7 Å². The number of halogens is 1. The molecule has 1 atom stereocenters. The minimum atomic E-state index is -0.110. The Hall–Kier alpha value is -3.92. The van der Waals surface area contributed by atoms with Crippen LogP contribution >= 0.6 is 11.6 Å². The molecular formula is C29H29ClN6O3. The molecule has 3 heterocycles. The second kappa shape index (κ2) is 11.1. The normalized spacial score (nSPS) is 17.5. The molecule has 2 aliphatic heterocycles. The molecule has 9 nitrogen and oxygen atoms in total. The molecule has 0 saturated carbocycles. The third kappa shape index (κ3) is 5.90. The SMILES string of the molecule is CN1CCN(c2nc(Oc3cccc(Cl)c3)c3cc(Oc4ccc(NC(=O)C5CCN5)cc4)ccc3n2)CC1. The molecule has 2 fully saturated rings. The van der Waals surface area contributed by atoms with Crippen LogP contribution in [-0.4, -0.2) is 66.6 Å². The Morgan fingerprint density at radius 1 is 0.949 bits per heavy atom. The average molecular weight is 545 g/mol. The molecule has 39 heavy (non-hydrogen) atoms. The van der Waals surface area contributed by atoms with Gasteiger partial charge in [-0.1, -0.05) is 17.7 Å². The van der Waals surface area contributed by atoms with E-state index < -0.39 is 0 Å². The highest BCUT2D eigenvalue weighted by Gasteiger charge is 2.24. The zero-order valence-corrected chi connectivity index (χ0v) is 22.3. The smallest absolute Gasteiger partial charge is 0.241 e. The van der Waals surface area contributed by atoms with Crippen LogP contribution in [0.1, 0.15) is 6.42 Å². The maximum Gasteiger partial charge on any atom is 0.241 e. The maximum atomic E-state index is 12.2. The Bertz CT molecular complexity index is 1490. The molecule has 3 aromatic carbocycles. The molecule has 6 rings (SSSR count). The molecule has 2 N–H and O–H groups in total. The largest absolute Gasteiger partial charge is 0.457 e. The lowest BCUT2D eigenvalue weighted by Crippen LogP contribution is -2.50. The van der Waals surface area contributed by atoms with Crippen molar-refractivity contribution < 1.29 is 14.3 Å². The van der Waals surface area contributed by atoms with Crippen molar-refractivity contribution in [2.24, 2.45) is 0 Å². The summed E-state index contributed by atoms with van der Waals surface area (Å²) in [5.41, 5.74) is 1.48. The molecule has 10 heteroatoms. The first-order chi connectivity index (χ1) is 19.0. The van der Waals surface area contributed by atoms with Crippen LogP contribution in [0.15, 0.2) is 66.7 Å². The van der Waals surface area contributed by atoms with Crippen molar-refractivity contribution in [2.75, 3.05) is 50.0 Å². The number of piperazine rings is 1. The third-order valence-electron chi connectivity index (χ3n) is 6.91. The van der Waals surface area contributed by atoms with Crippen LogP contribution in [-0.2, 0) is 4.79 Å². The molecular weight excluding hydrogens is 516 g/mol. The lowest BCUT2D eigenvalue weighted by Gasteiger charge is -2.32. The summed E-state index contributed by atoms with van der Waals surface area (Å²) in [6.07, 6.45) is 0.860. The van der Waals surface area contributed by atoms with Crippen LogP contribution in [0.25, 0.3) is 10.9 Å². The zero-order chi connectivity index (χ0) is 26.8. The van der Waals surface area contributed by atoms with Crippen molar-refractivity contribution in [2.45, 2.75) is 12.5 Å². The zero-order valence-electron chi connectivity index (χ0n) is 21.6. The van der Waals surface area contributed by atoms with Gasteiger partial charge in [-0.15, -0.1) is 0 Å². The monoisotopic (exact) mass is 544 g/mol. The van der Waals surface area contributed by atoms with Gasteiger partial charge < -0.3 is 29.9 Å². The van der Waals surface area contributed by atoms with Gasteiger partial charge in [0, 0.05) is 36.9 Å². The van der Waals surface area contributed by atoms with Crippen LogP contribution in [0.5, 0.6) is 23.1 Å². The average Bonchev–Trinajstić information content (AvgIpc) is 2.89. The van der Waals surface area contributed by atoms with Crippen molar-refractivity contribution in [3.05, 3.63) is 71.8 Å². The van der Waals surface area contributed by atoms with Gasteiger partial charge >= 0.3 is 0 Å². The highest BCUT2D eigenvalue weighted by atomic mass is 35.5. The first-order valence-corrected chi connectivity index (χ1v) is 13.4. The van der Waals surface area contributed by atoms with E-state index in [1.165, 1.54) is 0 Å². The highest BCUT2D eigenvalue weighted by Crippen LogP contribution is 2.34. The predicted octanol–water partition coefficient (Wildman–Crippen LogP) is 4.92. The van der Waals surface area contributed by atoms with Gasteiger partial charge in [-0.05, 0) is 80.7 Å². The van der Waals surface area contributed by atoms with Crippen LogP contribution in [0.3, 0.4) is 0 Å². The van der Waals surface area contributed by atoms with E-state index in [-0.39, 0.29) is 11.9 Å². The van der Waals surface area contributed by atoms with Gasteiger partial charge in [-0.2, -0.15) is 4.98 Å². The van der Waals surface area contributed by atoms with E-state index in [1.807, 2.05) is 54.6 Å². The van der Waals surface area contributed by atoms with Crippen LogP contribution < -0.4 is 25.0 Å². The number of benzene rings is 3. The first-order valence-electron chi connectivity index (χ1n) is 13.0. The van der Waals surface area contributed by atoms with Crippen LogP contribution in [0.2, 0.25) is 5.02 Å². The number of aromatic nitrogens is 2. The van der Waals surface area contributed by atoms with E-state index in [1.54, 1.807) is 12.1 Å². The fourth-order valence-electron chi connectivity index (χ4n) is 4.48. The van der Waals surface area contributed by atoms with Crippen molar-refractivity contribution >= 4 is 40.0 Å². The fourth-order valence-corrected chi connectivity index (χ4v) is 4.66. The topological polar surface area (TPSA) is 91.9 Å². The Morgan fingerprint density at radius 2 is 1.69 bits per heavy atom. The number of nitrogens with zero attached hydrogens (tertiary/aromatic N) is 4. The first kappa shape index (κ1) is 25.4. The number of hydrogen-bond acceptors (Lipinski definition) is 8. The molecule has 1 unspecified atom stereocenters. The second-order valence-corrected chi connectivity index (χ2v) is 10.2. The molecule has 2 aliphatic rings. The predicted molar refractivity (Wildman–Crippen MR) is 152 cm³/mol. The summed E-state index contributed by atoms with van der Waals surface area (Å²) in [5.74, 6) is 2.90. The number of ether oxygens (including phenoxy) is 2. The van der Waals surface area contributed by atoms with E-state index in [9.17, 15) is 4.79 Å². The summed E-state index contributed by atoms with van der Waals surface area (Å²) < 4.78 is 12.4. The number of likely N-dealkylation sites (N-methyl/N-ethyl adjacent to an activating group) is 1. The number of nitrogens with one attached hydrogen (secondary N) is 2. The van der Waals surface area contributed by atoms with Gasteiger partial charge in [0.25, 0.3) is 0 Å². The lowest BCUT2D eigenvalue weighted by atomic mass is 10.1. The van der Waals surface area contributed by atoms with E-state index in [0.29, 0.717) is 34.1 Å². The van der Waals surface area contributed by atoms with Crippen molar-refractivity contribution in [1.82, 2.24) is 20.2 Å². The second-order valence-electron chi connectivity index (χ2n) is 9.77. The molecule has 0 aliphatic carbocycles. The molecule has 0 spiro atoms. The summed E-state index contributed by atoms with van der Waals surface area (Å²) in [5, 5.41) is 7.33. The maximum absolute atomic E-state index is 12.2. The Balaban J connectivity index is 1.26. The van der Waals surface area contributed by atoms with Gasteiger partial charge in [0.05, 0.1) is 16.9 Å². The Kier molecular flexibility index (Phi) is 7.19. The molecule has 1 amide bonds. The third-order valence-corrected chi connectivity index (χ3v) is 7.15. The molecule has 4 aromatic rings. The van der Waals surface area contributed by atoms with Crippen molar-refractivity contribution in [3.8, 4) is 23.1 Å². The number of hydrogen-bond donors (Lipinski definition) is 2. The van der Waals surface area contributed by atoms with Gasteiger partial charge in [0.1, 0.15) is 17.2 Å². The van der Waals surface area contributed by atoms with Crippen molar-refractivity contribution in [1.29, 1.82) is 0 Å². The Labute approximate surface area is 231 Å². The number of rotatable bonds is 7. The standard InChI is InChI=1S/C29H29ClN6O3/c1-35-13-15-36(16-14-35)29-33-25-10-9-23(18-24(25)28(34-29)39-22-4-2-3-19(30)17-22)38-21-7-5-20(6-8-21)32-27(37)26-11-12-31-26/h2-10,17-18,26,31H,11-16H2,1H3,(H,32,37). The summed E-state index contributed by atoms with van der Waals surface area (Å²) in [6.45, 7) is 4.45. The summed E-state index contributed by atoms with van der Waals surface area (Å²) in [4.78, 5) is 26.3. The van der Waals surface area contributed by atoms with Crippen LogP contribution in [0.4, 0.5) is 11.6 Å². The minimum absolute atomic E-state index is 0.0207. The van der Waals surface area contributed by atoms with Gasteiger partial charge in [-0.25, -0.2) is 4.98 Å². The van der Waals surface area contributed by atoms with E-state index in [2.05, 4.69) is 27.5 Å². The number of amides is 1. The summed E-state index contributed by atoms with van der Waals surface area (Å²) in [7, 11) is 2.12. The lowest BCUT2D eigenvalue weighted by molar-refractivity contribution is -0.119. The molecule has 0 bridgehead atoms. The van der Waals surface area contributed by atoms with Crippen LogP contribution in [0, 0.1) is 0 Å². The quantitative estimate of drug-likeness (QED) is 0.339. The minimum Gasteiger partial charge on any atom is -0.457 e. The molecule has 0 radical (unpaired) electrons. The van der Waals surface area contributed by atoms with E-state index in [4.69, 9.17) is 31.0 Å². The molecule has 2 saturated heterocycles. The number of carbonyl (C=O) groups excluding carboxylic acids is 1. The highest BCUT2D eigenvalue weighted by molar-refractivity contribution is 6.30. The fraction of sp³-hybridized carbons (Fsp3) is 0.276. The summed E-state index contributed by atoms with van der Waals surface area (Å²) >= 11 is 6.20. The summed E-state index contributed by atoms with van der Waals surface area (Å²) in [6, 6.07) is 20.1. The number of carbonyl (C=O) groups is 1.